The van der Waals surface area contributed by atoms with Crippen molar-refractivity contribution in [1.82, 2.24) is 9.78 Å². The maximum Gasteiger partial charge on any atom is 0.309 e. The molecule has 0 aliphatic carbocycles. The van der Waals surface area contributed by atoms with Crippen LogP contribution in [0, 0.1) is 0 Å². The lowest BCUT2D eigenvalue weighted by Gasteiger charge is -2.01. The van der Waals surface area contributed by atoms with E-state index in [-0.39, 0.29) is 12.2 Å². The summed E-state index contributed by atoms with van der Waals surface area (Å²) in [6.45, 7) is 0. The van der Waals surface area contributed by atoms with E-state index in [1.165, 1.54) is 4.68 Å². The van der Waals surface area contributed by atoms with Gasteiger partial charge in [-0.1, -0.05) is 6.07 Å². The average Bonchev–Trinajstić information content (AvgIpc) is 2.65. The van der Waals surface area contributed by atoms with Crippen molar-refractivity contribution in [2.75, 3.05) is 0 Å². The van der Waals surface area contributed by atoms with Gasteiger partial charge in [0.25, 0.3) is 0 Å². The second-order valence-corrected chi connectivity index (χ2v) is 3.34. The number of rotatable bonds is 3. The summed E-state index contributed by atoms with van der Waals surface area (Å²) in [5.41, 5.74) is 1.17. The molecule has 0 radical (unpaired) electrons. The van der Waals surface area contributed by atoms with Gasteiger partial charge in [-0.05, 0) is 18.2 Å². The summed E-state index contributed by atoms with van der Waals surface area (Å²) in [5.74, 6) is -0.769. The van der Waals surface area contributed by atoms with Gasteiger partial charge in [0.05, 0.1) is 17.8 Å². The number of hydrogen-bond donors (Lipinski definition) is 2. The Labute approximate surface area is 91.6 Å². The molecule has 5 nitrogen and oxygen atoms in total. The minimum absolute atomic E-state index is 0.105. The topological polar surface area (TPSA) is 75.3 Å². The molecular formula is C11H10N2O3. The first kappa shape index (κ1) is 10.2. The monoisotopic (exact) mass is 218 g/mol. The maximum absolute atomic E-state index is 10.5. The molecule has 0 spiro atoms. The summed E-state index contributed by atoms with van der Waals surface area (Å²) in [5, 5.41) is 22.0. The van der Waals surface area contributed by atoms with Crippen LogP contribution in [0.4, 0.5) is 0 Å². The largest absolute Gasteiger partial charge is 0.508 e. The zero-order valence-corrected chi connectivity index (χ0v) is 8.37. The Morgan fingerprint density at radius 2 is 2.19 bits per heavy atom. The lowest BCUT2D eigenvalue weighted by molar-refractivity contribution is -0.136. The Hall–Kier alpha value is -2.30. The second kappa shape index (κ2) is 4.06. The van der Waals surface area contributed by atoms with Crippen molar-refractivity contribution in [3.8, 4) is 11.4 Å². The molecule has 1 aromatic heterocycles. The van der Waals surface area contributed by atoms with Crippen LogP contribution in [-0.2, 0) is 11.2 Å². The van der Waals surface area contributed by atoms with E-state index >= 15 is 0 Å². The van der Waals surface area contributed by atoms with Gasteiger partial charge in [-0.2, -0.15) is 5.10 Å². The third-order valence-corrected chi connectivity index (χ3v) is 2.07. The molecule has 0 bridgehead atoms. The normalized spacial score (nSPS) is 10.2. The molecular weight excluding hydrogens is 208 g/mol. The van der Waals surface area contributed by atoms with Crippen molar-refractivity contribution in [2.24, 2.45) is 0 Å². The molecule has 5 heteroatoms. The lowest BCUT2D eigenvalue weighted by Crippen LogP contribution is -2.02. The minimum Gasteiger partial charge on any atom is -0.508 e. The van der Waals surface area contributed by atoms with E-state index in [4.69, 9.17) is 5.11 Å². The van der Waals surface area contributed by atoms with Gasteiger partial charge in [-0.25, -0.2) is 4.68 Å². The van der Waals surface area contributed by atoms with Crippen LogP contribution in [0.5, 0.6) is 5.75 Å². The van der Waals surface area contributed by atoms with E-state index in [0.717, 1.165) is 0 Å². The Morgan fingerprint density at radius 3 is 2.88 bits per heavy atom. The number of phenols is 1. The van der Waals surface area contributed by atoms with Crippen LogP contribution in [0.25, 0.3) is 5.69 Å². The van der Waals surface area contributed by atoms with Crippen molar-refractivity contribution in [1.29, 1.82) is 0 Å². The van der Waals surface area contributed by atoms with Crippen molar-refractivity contribution in [2.45, 2.75) is 6.42 Å². The van der Waals surface area contributed by atoms with Gasteiger partial charge in [0, 0.05) is 12.3 Å². The Morgan fingerprint density at radius 1 is 1.38 bits per heavy atom. The molecule has 0 unspecified atom stereocenters. The molecule has 2 aromatic rings. The number of aromatic nitrogens is 2. The summed E-state index contributed by atoms with van der Waals surface area (Å²) < 4.78 is 1.53. The van der Waals surface area contributed by atoms with E-state index in [2.05, 4.69) is 5.10 Å². The average molecular weight is 218 g/mol. The highest BCUT2D eigenvalue weighted by Crippen LogP contribution is 2.14. The summed E-state index contributed by atoms with van der Waals surface area (Å²) in [7, 11) is 0. The molecule has 2 N–H and O–H groups in total. The molecule has 0 atom stereocenters. The van der Waals surface area contributed by atoms with Crippen LogP contribution in [0.2, 0.25) is 0 Å². The van der Waals surface area contributed by atoms with Crippen LogP contribution >= 0.6 is 0 Å². The molecule has 0 amide bonds. The molecule has 1 aromatic carbocycles. The van der Waals surface area contributed by atoms with Crippen LogP contribution in [-0.4, -0.2) is 26.0 Å². The van der Waals surface area contributed by atoms with E-state index in [0.29, 0.717) is 11.4 Å². The van der Waals surface area contributed by atoms with Gasteiger partial charge in [0.15, 0.2) is 0 Å². The predicted octanol–water partition coefficient (Wildman–Crippen LogP) is 1.20. The number of aliphatic carboxylic acids is 1. The quantitative estimate of drug-likeness (QED) is 0.811. The van der Waals surface area contributed by atoms with Gasteiger partial charge in [0.2, 0.25) is 0 Å². The van der Waals surface area contributed by atoms with E-state index < -0.39 is 5.97 Å². The zero-order valence-electron chi connectivity index (χ0n) is 8.37. The van der Waals surface area contributed by atoms with Gasteiger partial charge >= 0.3 is 5.97 Å². The standard InChI is InChI=1S/C11H10N2O3/c14-10-3-1-2-9(7-10)13-5-4-8(12-13)6-11(15)16/h1-5,7,14H,6H2,(H,15,16). The van der Waals surface area contributed by atoms with E-state index in [1.54, 1.807) is 36.5 Å². The number of phenolic OH excluding ortho intramolecular Hbond substituents is 1. The first-order valence-electron chi connectivity index (χ1n) is 4.71. The zero-order chi connectivity index (χ0) is 11.5. The van der Waals surface area contributed by atoms with Crippen LogP contribution in [0.15, 0.2) is 36.5 Å². The number of hydrogen-bond acceptors (Lipinski definition) is 3. The van der Waals surface area contributed by atoms with Crippen molar-refractivity contribution >= 4 is 5.97 Å². The highest BCUT2D eigenvalue weighted by Gasteiger charge is 2.05. The van der Waals surface area contributed by atoms with Crippen LogP contribution in [0.1, 0.15) is 5.69 Å². The fourth-order valence-electron chi connectivity index (χ4n) is 1.39. The van der Waals surface area contributed by atoms with E-state index in [9.17, 15) is 9.90 Å². The highest BCUT2D eigenvalue weighted by atomic mass is 16.4. The number of benzene rings is 1. The van der Waals surface area contributed by atoms with Crippen LogP contribution < -0.4 is 0 Å². The van der Waals surface area contributed by atoms with Crippen molar-refractivity contribution < 1.29 is 15.0 Å². The molecule has 0 saturated carbocycles. The fraction of sp³-hybridized carbons (Fsp3) is 0.0909. The Bertz CT molecular complexity index is 519. The van der Waals surface area contributed by atoms with Gasteiger partial charge in [-0.15, -0.1) is 0 Å². The molecule has 2 rings (SSSR count). The first-order chi connectivity index (χ1) is 7.65. The highest BCUT2D eigenvalue weighted by molar-refractivity contribution is 5.69. The Balaban J connectivity index is 2.28. The minimum atomic E-state index is -0.916. The number of carboxylic acid groups (broad SMARTS) is 1. The summed E-state index contributed by atoms with van der Waals surface area (Å²) >= 11 is 0. The number of nitrogens with zero attached hydrogens (tertiary/aromatic N) is 2. The molecule has 0 aliphatic rings. The molecule has 82 valence electrons. The molecule has 0 aliphatic heterocycles. The predicted molar refractivity (Wildman–Crippen MR) is 56.6 cm³/mol. The third kappa shape index (κ3) is 2.20. The maximum atomic E-state index is 10.5. The van der Waals surface area contributed by atoms with Crippen LogP contribution in [0.3, 0.4) is 0 Å². The van der Waals surface area contributed by atoms with Gasteiger partial charge < -0.3 is 10.2 Å². The SMILES string of the molecule is O=C(O)Cc1ccn(-c2cccc(O)c2)n1. The van der Waals surface area contributed by atoms with E-state index in [1.807, 2.05) is 0 Å². The summed E-state index contributed by atoms with van der Waals surface area (Å²) in [6, 6.07) is 8.22. The number of aromatic hydroxyl groups is 1. The summed E-state index contributed by atoms with van der Waals surface area (Å²) in [6.07, 6.45) is 1.55. The lowest BCUT2D eigenvalue weighted by atomic mass is 10.3. The molecule has 16 heavy (non-hydrogen) atoms. The Kier molecular flexibility index (Phi) is 2.59. The van der Waals surface area contributed by atoms with Gasteiger partial charge in [0.1, 0.15) is 5.75 Å². The smallest absolute Gasteiger partial charge is 0.309 e. The number of carbonyl (C=O) groups is 1. The van der Waals surface area contributed by atoms with Gasteiger partial charge in [-0.3, -0.25) is 4.79 Å². The number of carboxylic acids is 1. The molecule has 0 fully saturated rings. The fourth-order valence-corrected chi connectivity index (χ4v) is 1.39. The van der Waals surface area contributed by atoms with Crippen molar-refractivity contribution in [3.05, 3.63) is 42.2 Å². The molecule has 0 saturated heterocycles. The third-order valence-electron chi connectivity index (χ3n) is 2.07. The van der Waals surface area contributed by atoms with Crippen molar-refractivity contribution in [3.63, 3.8) is 0 Å². The summed E-state index contributed by atoms with van der Waals surface area (Å²) in [4.78, 5) is 10.5. The second-order valence-electron chi connectivity index (χ2n) is 3.34. The first-order valence-corrected chi connectivity index (χ1v) is 4.71. The molecule has 1 heterocycles.